The minimum Gasteiger partial charge on any atom is -0.393 e. The molecular formula is C19H20FN7. The van der Waals surface area contributed by atoms with Crippen molar-refractivity contribution < 1.29 is 4.39 Å². The maximum absolute atomic E-state index is 13.1. The highest BCUT2D eigenvalue weighted by atomic mass is 19.1. The van der Waals surface area contributed by atoms with Crippen LogP contribution in [-0.2, 0) is 0 Å². The van der Waals surface area contributed by atoms with Crippen molar-refractivity contribution in [1.82, 2.24) is 15.0 Å². The van der Waals surface area contributed by atoms with E-state index in [1.54, 1.807) is 18.3 Å². The van der Waals surface area contributed by atoms with Gasteiger partial charge in [-0.1, -0.05) is 6.07 Å². The second-order valence-corrected chi connectivity index (χ2v) is 6.25. The largest absolute Gasteiger partial charge is 0.393 e. The first-order chi connectivity index (χ1) is 13.2. The van der Waals surface area contributed by atoms with Crippen molar-refractivity contribution in [2.24, 2.45) is 0 Å². The molecule has 2 aromatic heterocycles. The predicted molar refractivity (Wildman–Crippen MR) is 105 cm³/mol. The van der Waals surface area contributed by atoms with Crippen LogP contribution in [-0.4, -0.2) is 41.1 Å². The molecular weight excluding hydrogens is 345 g/mol. The number of nitrogens with zero attached hydrogens (tertiary/aromatic N) is 5. The van der Waals surface area contributed by atoms with Gasteiger partial charge in [-0.25, -0.2) is 19.3 Å². The third kappa shape index (κ3) is 3.74. The molecule has 3 aromatic rings. The molecule has 1 saturated heterocycles. The third-order valence-corrected chi connectivity index (χ3v) is 4.52. The molecule has 1 aliphatic rings. The summed E-state index contributed by atoms with van der Waals surface area (Å²) in [6.07, 6.45) is 3.29. The maximum Gasteiger partial charge on any atom is 0.159 e. The number of benzene rings is 1. The van der Waals surface area contributed by atoms with Crippen molar-refractivity contribution in [2.45, 2.75) is 0 Å². The summed E-state index contributed by atoms with van der Waals surface area (Å²) in [5.41, 5.74) is 7.50. The van der Waals surface area contributed by atoms with E-state index in [1.165, 1.54) is 18.5 Å². The number of piperazine rings is 1. The van der Waals surface area contributed by atoms with Gasteiger partial charge in [0, 0.05) is 38.1 Å². The van der Waals surface area contributed by atoms with Gasteiger partial charge >= 0.3 is 0 Å². The Kier molecular flexibility index (Phi) is 4.69. The smallest absolute Gasteiger partial charge is 0.159 e. The van der Waals surface area contributed by atoms with Gasteiger partial charge in [-0.2, -0.15) is 0 Å². The molecule has 1 fully saturated rings. The number of hydrogen-bond acceptors (Lipinski definition) is 7. The summed E-state index contributed by atoms with van der Waals surface area (Å²) >= 11 is 0. The first-order valence-electron chi connectivity index (χ1n) is 8.75. The normalized spacial score (nSPS) is 14.3. The van der Waals surface area contributed by atoms with Crippen LogP contribution in [0.25, 0.3) is 0 Å². The van der Waals surface area contributed by atoms with Gasteiger partial charge in [0.2, 0.25) is 0 Å². The Bertz CT molecular complexity index is 894. The summed E-state index contributed by atoms with van der Waals surface area (Å²) < 4.78 is 13.1. The minimum absolute atomic E-state index is 0.289. The van der Waals surface area contributed by atoms with Crippen molar-refractivity contribution >= 4 is 28.8 Å². The Morgan fingerprint density at radius 2 is 1.63 bits per heavy atom. The lowest BCUT2D eigenvalue weighted by Gasteiger charge is -2.36. The summed E-state index contributed by atoms with van der Waals surface area (Å²) in [4.78, 5) is 17.4. The number of nitrogens with two attached hydrogens (primary N) is 1. The fourth-order valence-electron chi connectivity index (χ4n) is 3.10. The third-order valence-electron chi connectivity index (χ3n) is 4.52. The Morgan fingerprint density at radius 3 is 2.33 bits per heavy atom. The highest BCUT2D eigenvalue weighted by Crippen LogP contribution is 2.29. The molecule has 0 bridgehead atoms. The molecule has 1 aromatic carbocycles. The number of halogens is 1. The van der Waals surface area contributed by atoms with Gasteiger partial charge < -0.3 is 20.9 Å². The van der Waals surface area contributed by atoms with E-state index in [2.05, 4.69) is 30.1 Å². The van der Waals surface area contributed by atoms with Crippen molar-refractivity contribution in [3.05, 3.63) is 60.8 Å². The Morgan fingerprint density at radius 1 is 0.889 bits per heavy atom. The van der Waals surface area contributed by atoms with E-state index in [9.17, 15) is 4.39 Å². The summed E-state index contributed by atoms with van der Waals surface area (Å²) in [5, 5.41) is 3.12. The summed E-state index contributed by atoms with van der Waals surface area (Å²) in [5.74, 6) is 1.91. The molecule has 0 spiro atoms. The van der Waals surface area contributed by atoms with Gasteiger partial charge in [0.25, 0.3) is 0 Å². The molecule has 7 nitrogen and oxygen atoms in total. The number of pyridine rings is 1. The standard InChI is InChI=1S/C19H20FN7/c20-14-4-6-15(7-5-14)25-18-17(21)19(24-13-23-18)27-11-9-26(10-12-27)16-3-1-2-8-22-16/h1-8,13H,9-12,21H2,(H,23,24,25). The maximum atomic E-state index is 13.1. The van der Waals surface area contributed by atoms with Crippen molar-refractivity contribution in [2.75, 3.05) is 47.0 Å². The van der Waals surface area contributed by atoms with E-state index in [0.717, 1.165) is 32.0 Å². The van der Waals surface area contributed by atoms with Crippen molar-refractivity contribution in [1.29, 1.82) is 0 Å². The zero-order valence-corrected chi connectivity index (χ0v) is 14.7. The van der Waals surface area contributed by atoms with Gasteiger partial charge in [-0.3, -0.25) is 0 Å². The van der Waals surface area contributed by atoms with Crippen LogP contribution in [0.3, 0.4) is 0 Å². The minimum atomic E-state index is -0.289. The second-order valence-electron chi connectivity index (χ2n) is 6.25. The van der Waals surface area contributed by atoms with E-state index >= 15 is 0 Å². The van der Waals surface area contributed by atoms with Gasteiger partial charge in [0.15, 0.2) is 11.6 Å². The number of aromatic nitrogens is 3. The zero-order chi connectivity index (χ0) is 18.6. The molecule has 0 amide bonds. The molecule has 0 atom stereocenters. The molecule has 0 aliphatic carbocycles. The van der Waals surface area contributed by atoms with Crippen LogP contribution >= 0.6 is 0 Å². The number of rotatable bonds is 4. The van der Waals surface area contributed by atoms with Crippen LogP contribution in [0.2, 0.25) is 0 Å². The van der Waals surface area contributed by atoms with Crippen LogP contribution in [0.4, 0.5) is 33.2 Å². The van der Waals surface area contributed by atoms with Crippen LogP contribution in [0, 0.1) is 5.82 Å². The highest BCUT2D eigenvalue weighted by Gasteiger charge is 2.22. The lowest BCUT2D eigenvalue weighted by molar-refractivity contribution is 0.628. The van der Waals surface area contributed by atoms with Gasteiger partial charge in [-0.05, 0) is 36.4 Å². The molecule has 1 aliphatic heterocycles. The quantitative estimate of drug-likeness (QED) is 0.735. The monoisotopic (exact) mass is 365 g/mol. The summed E-state index contributed by atoms with van der Waals surface area (Å²) in [6.45, 7) is 3.24. The molecule has 138 valence electrons. The van der Waals surface area contributed by atoms with Crippen molar-refractivity contribution in [3.63, 3.8) is 0 Å². The van der Waals surface area contributed by atoms with Crippen LogP contribution in [0.5, 0.6) is 0 Å². The first-order valence-corrected chi connectivity index (χ1v) is 8.75. The van der Waals surface area contributed by atoms with Crippen LogP contribution in [0.1, 0.15) is 0 Å². The van der Waals surface area contributed by atoms with Gasteiger partial charge in [-0.15, -0.1) is 0 Å². The predicted octanol–water partition coefficient (Wildman–Crippen LogP) is 2.66. The average Bonchev–Trinajstić information content (AvgIpc) is 2.72. The summed E-state index contributed by atoms with van der Waals surface area (Å²) in [7, 11) is 0. The average molecular weight is 365 g/mol. The SMILES string of the molecule is Nc1c(Nc2ccc(F)cc2)ncnc1N1CCN(c2ccccn2)CC1. The number of nitrogen functional groups attached to an aromatic ring is 1. The van der Waals surface area contributed by atoms with E-state index in [4.69, 9.17) is 5.73 Å². The molecule has 8 heteroatoms. The first kappa shape index (κ1) is 17.0. The number of anilines is 5. The Balaban J connectivity index is 1.47. The topological polar surface area (TPSA) is 83.2 Å². The van der Waals surface area contributed by atoms with Crippen LogP contribution in [0.15, 0.2) is 55.0 Å². The molecule has 3 N–H and O–H groups in total. The molecule has 0 saturated carbocycles. The fourth-order valence-corrected chi connectivity index (χ4v) is 3.10. The number of nitrogens with one attached hydrogen (secondary N) is 1. The lowest BCUT2D eigenvalue weighted by atomic mass is 10.2. The highest BCUT2D eigenvalue weighted by molar-refractivity contribution is 5.78. The summed E-state index contributed by atoms with van der Waals surface area (Å²) in [6, 6.07) is 12.0. The molecule has 0 radical (unpaired) electrons. The molecule has 3 heterocycles. The zero-order valence-electron chi connectivity index (χ0n) is 14.7. The lowest BCUT2D eigenvalue weighted by Crippen LogP contribution is -2.47. The van der Waals surface area contributed by atoms with E-state index in [-0.39, 0.29) is 5.82 Å². The second kappa shape index (κ2) is 7.45. The van der Waals surface area contributed by atoms with E-state index < -0.39 is 0 Å². The fraction of sp³-hybridized carbons (Fsp3) is 0.211. The van der Waals surface area contributed by atoms with Gasteiger partial charge in [0.05, 0.1) is 0 Å². The Labute approximate surface area is 156 Å². The van der Waals surface area contributed by atoms with E-state index in [1.807, 2.05) is 18.2 Å². The van der Waals surface area contributed by atoms with Crippen LogP contribution < -0.4 is 20.9 Å². The molecule has 0 unspecified atom stereocenters. The Hall–Kier alpha value is -3.42. The van der Waals surface area contributed by atoms with Crippen molar-refractivity contribution in [3.8, 4) is 0 Å². The number of hydrogen-bond donors (Lipinski definition) is 2. The van der Waals surface area contributed by atoms with Gasteiger partial charge in [0.1, 0.15) is 23.6 Å². The molecule has 27 heavy (non-hydrogen) atoms. The molecule has 4 rings (SSSR count). The van der Waals surface area contributed by atoms with E-state index in [0.29, 0.717) is 23.0 Å².